The largest absolute Gasteiger partial charge is 0.618 e. The molecule has 0 saturated heterocycles. The fourth-order valence-electron chi connectivity index (χ4n) is 1.47. The summed E-state index contributed by atoms with van der Waals surface area (Å²) in [6, 6.07) is 5.77. The molecule has 0 bridgehead atoms. The molecule has 0 radical (unpaired) electrons. The van der Waals surface area contributed by atoms with Crippen molar-refractivity contribution in [3.63, 3.8) is 0 Å². The molecule has 138 valence electrons. The molecule has 13 heteroatoms. The van der Waals surface area contributed by atoms with Crippen LogP contribution in [0.25, 0.3) is 0 Å². The molecule has 7 nitrogen and oxygen atoms in total. The third kappa shape index (κ3) is 5.80. The predicted octanol–water partition coefficient (Wildman–Crippen LogP) is 1.01. The van der Waals surface area contributed by atoms with Crippen LogP contribution in [0.2, 0.25) is 0 Å². The number of rotatable bonds is 8. The van der Waals surface area contributed by atoms with Gasteiger partial charge in [0.2, 0.25) is 0 Å². The molecule has 0 aliphatic carbocycles. The molecule has 0 aliphatic rings. The van der Waals surface area contributed by atoms with Crippen molar-refractivity contribution in [2.75, 3.05) is 13.2 Å². The smallest absolute Gasteiger partial charge is 0.549 e. The monoisotopic (exact) mass is 503 g/mol. The van der Waals surface area contributed by atoms with E-state index in [2.05, 4.69) is 4.18 Å². The number of sulfonamides is 1. The summed E-state index contributed by atoms with van der Waals surface area (Å²) in [7, 11) is -9.85. The van der Waals surface area contributed by atoms with Gasteiger partial charge in [0, 0.05) is 9.99 Å². The van der Waals surface area contributed by atoms with Gasteiger partial charge in [0.15, 0.2) is 0 Å². The number of nitrogens with one attached hydrogen (secondary N) is 1. The van der Waals surface area contributed by atoms with Crippen molar-refractivity contribution in [1.82, 2.24) is 0 Å². The number of hydrogen-bond acceptors (Lipinski definition) is 6. The van der Waals surface area contributed by atoms with Gasteiger partial charge in [0.25, 0.3) is 10.1 Å². The molecule has 0 spiro atoms. The van der Waals surface area contributed by atoms with Crippen molar-refractivity contribution in [3.05, 3.63) is 33.0 Å². The van der Waals surface area contributed by atoms with E-state index in [4.69, 9.17) is 0 Å². The van der Waals surface area contributed by atoms with E-state index in [0.29, 0.717) is 0 Å². The molecule has 0 saturated carbocycles. The molecule has 0 aromatic heterocycles. The third-order valence-corrected chi connectivity index (χ3v) is 6.18. The number of quaternary nitrogens is 1. The van der Waals surface area contributed by atoms with Gasteiger partial charge in [-0.05, 0) is 53.3 Å². The summed E-state index contributed by atoms with van der Waals surface area (Å²) in [6.07, 6.45) is -0.348. The second-order valence-electron chi connectivity index (χ2n) is 4.51. The molecule has 1 aromatic carbocycles. The first-order chi connectivity index (χ1) is 10.9. The van der Waals surface area contributed by atoms with E-state index in [1.54, 1.807) is 12.1 Å². The Labute approximate surface area is 150 Å². The van der Waals surface area contributed by atoms with E-state index >= 15 is 0 Å². The van der Waals surface area contributed by atoms with E-state index < -0.39 is 36.7 Å². The molecule has 0 aliphatic heterocycles. The van der Waals surface area contributed by atoms with Crippen molar-refractivity contribution in [3.8, 4) is 0 Å². The van der Waals surface area contributed by atoms with Gasteiger partial charge in [0.05, 0.1) is 18.0 Å². The molecule has 1 atom stereocenters. The summed E-state index contributed by atoms with van der Waals surface area (Å²) in [5.41, 5.74) is -5.63. The van der Waals surface area contributed by atoms with Crippen molar-refractivity contribution in [1.29, 1.82) is 0 Å². The van der Waals surface area contributed by atoms with Crippen LogP contribution in [0.4, 0.5) is 13.2 Å². The molecule has 1 aromatic rings. The highest BCUT2D eigenvalue weighted by molar-refractivity contribution is 14.1. The van der Waals surface area contributed by atoms with E-state index in [-0.39, 0.29) is 24.3 Å². The Hall–Kier alpha value is -0.480. The van der Waals surface area contributed by atoms with Crippen LogP contribution in [0.15, 0.2) is 29.2 Å². The van der Waals surface area contributed by atoms with Gasteiger partial charge < -0.3 is 5.21 Å². The van der Waals surface area contributed by atoms with Crippen LogP contribution in [-0.4, -0.2) is 35.5 Å². The highest BCUT2D eigenvalue weighted by atomic mass is 127. The van der Waals surface area contributed by atoms with E-state index in [0.717, 1.165) is 3.57 Å². The lowest BCUT2D eigenvalue weighted by atomic mass is 10.3. The van der Waals surface area contributed by atoms with Gasteiger partial charge in [-0.25, -0.2) is 0 Å². The zero-order chi connectivity index (χ0) is 18.6. The van der Waals surface area contributed by atoms with Crippen LogP contribution >= 0.6 is 22.6 Å². The van der Waals surface area contributed by atoms with Gasteiger partial charge >= 0.3 is 15.5 Å². The standard InChI is InChI=1S/C11H13F3INO6S2/c12-11(13,14)24(20,21)16(17)7-1-2-8-22-23(18,19)10-5-3-9(15)4-6-10/h3-6,16H,1-2,7-8H2. The highest BCUT2D eigenvalue weighted by Crippen LogP contribution is 2.19. The van der Waals surface area contributed by atoms with Gasteiger partial charge in [-0.3, -0.25) is 8.65 Å². The van der Waals surface area contributed by atoms with E-state index in [9.17, 15) is 35.2 Å². The summed E-state index contributed by atoms with van der Waals surface area (Å²) in [6.45, 7) is -1.25. The zero-order valence-corrected chi connectivity index (χ0v) is 15.7. The molecule has 1 N–H and O–H groups in total. The second-order valence-corrected chi connectivity index (χ2v) is 9.29. The number of alkyl halides is 3. The quantitative estimate of drug-likeness (QED) is 0.246. The fraction of sp³-hybridized carbons (Fsp3) is 0.455. The maximum atomic E-state index is 12.1. The Morgan fingerprint density at radius 2 is 1.62 bits per heavy atom. The Bertz CT molecular complexity index is 749. The topological polar surface area (TPSA) is 105 Å². The van der Waals surface area contributed by atoms with Crippen molar-refractivity contribution in [2.24, 2.45) is 0 Å². The summed E-state index contributed by atoms with van der Waals surface area (Å²) in [4.78, 5) is -0.0846. The Kier molecular flexibility index (Phi) is 7.43. The first-order valence-electron chi connectivity index (χ1n) is 6.37. The summed E-state index contributed by atoms with van der Waals surface area (Å²) in [5, 5.41) is 11.1. The van der Waals surface area contributed by atoms with Crippen LogP contribution in [0, 0.1) is 8.78 Å². The van der Waals surface area contributed by atoms with Crippen LogP contribution in [0.3, 0.4) is 0 Å². The minimum Gasteiger partial charge on any atom is -0.618 e. The molecule has 0 amide bonds. The van der Waals surface area contributed by atoms with Crippen molar-refractivity contribution in [2.45, 2.75) is 23.2 Å². The van der Waals surface area contributed by atoms with E-state index in [1.165, 1.54) is 12.1 Å². The predicted molar refractivity (Wildman–Crippen MR) is 85.7 cm³/mol. The highest BCUT2D eigenvalue weighted by Gasteiger charge is 2.51. The number of hydrogen-bond donors (Lipinski definition) is 1. The maximum absolute atomic E-state index is 12.1. The SMILES string of the molecule is O=S(=O)(OCCCC[NH+]([O-])S(=O)(=O)C(F)(F)F)c1ccc(I)cc1. The van der Waals surface area contributed by atoms with Crippen LogP contribution < -0.4 is 4.47 Å². The van der Waals surface area contributed by atoms with Gasteiger partial charge in [-0.2, -0.15) is 30.0 Å². The van der Waals surface area contributed by atoms with Gasteiger partial charge in [-0.15, -0.1) is 0 Å². The molecule has 0 fully saturated rings. The Morgan fingerprint density at radius 1 is 1.08 bits per heavy atom. The molecule has 0 heterocycles. The fourth-order valence-corrected chi connectivity index (χ4v) is 3.45. The molecular formula is C11H13F3INO6S2. The summed E-state index contributed by atoms with van der Waals surface area (Å²) < 4.78 is 85.1. The molecule has 1 unspecified atom stereocenters. The summed E-state index contributed by atoms with van der Waals surface area (Å²) in [5.74, 6) is 0. The average molecular weight is 503 g/mol. The number of halogens is 4. The first kappa shape index (κ1) is 21.6. The number of unbranched alkanes of at least 4 members (excludes halogenated alkanes) is 1. The Morgan fingerprint density at radius 3 is 2.12 bits per heavy atom. The average Bonchev–Trinajstić information content (AvgIpc) is 2.45. The summed E-state index contributed by atoms with van der Waals surface area (Å²) >= 11 is 1.99. The lowest BCUT2D eigenvalue weighted by molar-refractivity contribution is -0.712. The zero-order valence-electron chi connectivity index (χ0n) is 11.9. The van der Waals surface area contributed by atoms with Gasteiger partial charge in [-0.1, -0.05) is 0 Å². The third-order valence-electron chi connectivity index (χ3n) is 2.72. The Balaban J connectivity index is 2.45. The van der Waals surface area contributed by atoms with Crippen molar-refractivity contribution >= 4 is 42.7 Å². The van der Waals surface area contributed by atoms with Crippen molar-refractivity contribution < 1.29 is 38.7 Å². The number of hydroxylamine groups is 1. The lowest BCUT2D eigenvalue weighted by Gasteiger charge is -2.22. The van der Waals surface area contributed by atoms with Crippen LogP contribution in [0.1, 0.15) is 12.8 Å². The minimum atomic E-state index is -5.84. The molecular weight excluding hydrogens is 490 g/mol. The second kappa shape index (κ2) is 8.27. The normalized spacial score (nSPS) is 14.5. The first-order valence-corrected chi connectivity index (χ1v) is 10.3. The molecule has 24 heavy (non-hydrogen) atoms. The number of benzene rings is 1. The minimum absolute atomic E-state index is 0.0846. The maximum Gasteiger partial charge on any atom is 0.549 e. The van der Waals surface area contributed by atoms with Crippen LogP contribution in [-0.2, 0) is 24.3 Å². The lowest BCUT2D eigenvalue weighted by Crippen LogP contribution is -3.10. The van der Waals surface area contributed by atoms with E-state index in [1.807, 2.05) is 22.6 Å². The molecule has 1 rings (SSSR count). The van der Waals surface area contributed by atoms with Crippen LogP contribution in [0.5, 0.6) is 0 Å². The van der Waals surface area contributed by atoms with Gasteiger partial charge in [0.1, 0.15) is 0 Å².